The molecule has 0 unspecified atom stereocenters. The maximum atomic E-state index is 12.9. The van der Waals surface area contributed by atoms with E-state index in [1.54, 1.807) is 11.3 Å². The molecule has 0 saturated heterocycles. The topological polar surface area (TPSA) is 54.9 Å². The van der Waals surface area contributed by atoms with Crippen molar-refractivity contribution in [3.05, 3.63) is 27.4 Å². The Hall–Kier alpha value is -1.27. The summed E-state index contributed by atoms with van der Waals surface area (Å²) in [6.07, 6.45) is 7.29. The van der Waals surface area contributed by atoms with Crippen LogP contribution in [0.1, 0.15) is 55.3 Å². The van der Waals surface area contributed by atoms with E-state index in [9.17, 15) is 4.79 Å². The number of aryl methyl sites for hydroxylation is 1. The lowest BCUT2D eigenvalue weighted by atomic mass is 9.83. The summed E-state index contributed by atoms with van der Waals surface area (Å²) in [5, 5.41) is 15.0. The van der Waals surface area contributed by atoms with Gasteiger partial charge < -0.3 is 0 Å². The average Bonchev–Trinajstić information content (AvgIpc) is 3.25. The maximum absolute atomic E-state index is 12.9. The molecule has 2 heterocycles. The Bertz CT molecular complexity index is 615. The summed E-state index contributed by atoms with van der Waals surface area (Å²) in [5.41, 5.74) is -0.358. The number of unbranched alkanes of at least 4 members (excludes halogenated alkanes) is 1. The molecule has 1 aliphatic carbocycles. The van der Waals surface area contributed by atoms with Gasteiger partial charge in [0.2, 0.25) is 11.0 Å². The van der Waals surface area contributed by atoms with E-state index in [1.807, 2.05) is 6.07 Å². The van der Waals surface area contributed by atoms with E-state index in [0.717, 1.165) is 50.0 Å². The van der Waals surface area contributed by atoms with Crippen LogP contribution in [0.4, 0.5) is 5.13 Å². The Balaban J connectivity index is 1.73. The normalized spacial score (nSPS) is 16.8. The van der Waals surface area contributed by atoms with Crippen LogP contribution in [0.3, 0.4) is 0 Å². The Morgan fingerprint density at radius 3 is 2.86 bits per heavy atom. The number of nitrogens with zero attached hydrogens (tertiary/aromatic N) is 2. The van der Waals surface area contributed by atoms with Gasteiger partial charge in [-0.05, 0) is 30.7 Å². The summed E-state index contributed by atoms with van der Waals surface area (Å²) in [5.74, 6) is 0.0886. The zero-order valence-corrected chi connectivity index (χ0v) is 14.4. The molecule has 118 valence electrons. The molecule has 1 fully saturated rings. The minimum atomic E-state index is -0.358. The van der Waals surface area contributed by atoms with Gasteiger partial charge in [0, 0.05) is 11.3 Å². The lowest BCUT2D eigenvalue weighted by Crippen LogP contribution is -2.37. The molecule has 1 aliphatic rings. The Kier molecular flexibility index (Phi) is 4.88. The van der Waals surface area contributed by atoms with Crippen LogP contribution >= 0.6 is 22.7 Å². The van der Waals surface area contributed by atoms with Gasteiger partial charge in [-0.25, -0.2) is 0 Å². The van der Waals surface area contributed by atoms with E-state index in [4.69, 9.17) is 0 Å². The van der Waals surface area contributed by atoms with Crippen molar-refractivity contribution in [1.82, 2.24) is 10.2 Å². The van der Waals surface area contributed by atoms with E-state index in [1.165, 1.54) is 16.2 Å². The highest BCUT2D eigenvalue weighted by Crippen LogP contribution is 2.44. The second kappa shape index (κ2) is 6.87. The maximum Gasteiger partial charge on any atom is 0.237 e. The molecule has 1 amide bonds. The summed E-state index contributed by atoms with van der Waals surface area (Å²) in [4.78, 5) is 14.1. The number of aromatic nitrogens is 2. The van der Waals surface area contributed by atoms with Crippen LogP contribution in [0, 0.1) is 0 Å². The quantitative estimate of drug-likeness (QED) is 0.851. The van der Waals surface area contributed by atoms with Crippen LogP contribution in [0.5, 0.6) is 0 Å². The van der Waals surface area contributed by atoms with Crippen molar-refractivity contribution in [2.75, 3.05) is 5.32 Å². The molecular weight excluding hydrogens is 314 g/mol. The van der Waals surface area contributed by atoms with Crippen LogP contribution in [-0.2, 0) is 16.6 Å². The molecule has 0 radical (unpaired) electrons. The average molecular weight is 335 g/mol. The SMILES string of the molecule is CCCCc1nnc(NC(=O)C2(c3cccs3)CCCC2)s1. The number of hydrogen-bond acceptors (Lipinski definition) is 5. The van der Waals surface area contributed by atoms with Crippen LogP contribution in [0.25, 0.3) is 0 Å². The molecule has 1 N–H and O–H groups in total. The summed E-state index contributed by atoms with van der Waals surface area (Å²) in [7, 11) is 0. The van der Waals surface area contributed by atoms with Gasteiger partial charge in [0.25, 0.3) is 0 Å². The summed E-state index contributed by atoms with van der Waals surface area (Å²) < 4.78 is 0. The zero-order valence-electron chi connectivity index (χ0n) is 12.8. The van der Waals surface area contributed by atoms with Crippen molar-refractivity contribution in [3.63, 3.8) is 0 Å². The number of thiophene rings is 1. The number of carbonyl (C=O) groups is 1. The first-order valence-corrected chi connectivity index (χ1v) is 9.62. The molecule has 1 saturated carbocycles. The number of hydrogen-bond donors (Lipinski definition) is 1. The van der Waals surface area contributed by atoms with Crippen molar-refractivity contribution in [2.45, 2.75) is 57.3 Å². The van der Waals surface area contributed by atoms with Crippen LogP contribution < -0.4 is 5.32 Å². The van der Waals surface area contributed by atoms with Crippen LogP contribution in [-0.4, -0.2) is 16.1 Å². The molecule has 22 heavy (non-hydrogen) atoms. The van der Waals surface area contributed by atoms with Gasteiger partial charge in [0.1, 0.15) is 5.01 Å². The largest absolute Gasteiger partial charge is 0.300 e. The highest BCUT2D eigenvalue weighted by atomic mass is 32.1. The third kappa shape index (κ3) is 3.08. The third-order valence-corrected chi connectivity index (χ3v) is 6.29. The minimum absolute atomic E-state index is 0.0886. The molecule has 4 nitrogen and oxygen atoms in total. The molecule has 3 rings (SSSR count). The molecule has 0 spiro atoms. The van der Waals surface area contributed by atoms with Crippen molar-refractivity contribution in [1.29, 1.82) is 0 Å². The molecule has 2 aromatic rings. The standard InChI is InChI=1S/C16H21N3OS2/c1-2-3-8-13-18-19-15(22-13)17-14(20)16(9-4-5-10-16)12-7-6-11-21-12/h6-7,11H,2-5,8-10H2,1H3,(H,17,19,20). The number of rotatable bonds is 6. The Morgan fingerprint density at radius 2 is 2.18 bits per heavy atom. The number of amides is 1. The number of anilines is 1. The van der Waals surface area contributed by atoms with Crippen LogP contribution in [0.2, 0.25) is 0 Å². The highest BCUT2D eigenvalue weighted by Gasteiger charge is 2.43. The van der Waals surface area contributed by atoms with Gasteiger partial charge in [0.05, 0.1) is 5.41 Å². The summed E-state index contributed by atoms with van der Waals surface area (Å²) >= 11 is 3.19. The van der Waals surface area contributed by atoms with Crippen molar-refractivity contribution in [2.24, 2.45) is 0 Å². The second-order valence-electron chi connectivity index (χ2n) is 5.83. The van der Waals surface area contributed by atoms with E-state index in [2.05, 4.69) is 33.9 Å². The third-order valence-electron chi connectivity index (χ3n) is 4.32. The van der Waals surface area contributed by atoms with E-state index in [-0.39, 0.29) is 11.3 Å². The van der Waals surface area contributed by atoms with Crippen molar-refractivity contribution < 1.29 is 4.79 Å². The molecule has 6 heteroatoms. The minimum Gasteiger partial charge on any atom is -0.300 e. The molecule has 0 bridgehead atoms. The lowest BCUT2D eigenvalue weighted by molar-refractivity contribution is -0.121. The first-order valence-electron chi connectivity index (χ1n) is 7.92. The van der Waals surface area contributed by atoms with Gasteiger partial charge in [-0.3, -0.25) is 10.1 Å². The summed E-state index contributed by atoms with van der Waals surface area (Å²) in [6, 6.07) is 4.11. The molecule has 0 aliphatic heterocycles. The monoisotopic (exact) mass is 335 g/mol. The van der Waals surface area contributed by atoms with Gasteiger partial charge in [-0.2, -0.15) is 0 Å². The van der Waals surface area contributed by atoms with Gasteiger partial charge in [0.15, 0.2) is 0 Å². The van der Waals surface area contributed by atoms with Gasteiger partial charge >= 0.3 is 0 Å². The van der Waals surface area contributed by atoms with Crippen LogP contribution in [0.15, 0.2) is 17.5 Å². The fourth-order valence-corrected chi connectivity index (χ4v) is 4.82. The number of carbonyl (C=O) groups excluding carboxylic acids is 1. The molecule has 0 aromatic carbocycles. The van der Waals surface area contributed by atoms with E-state index in [0.29, 0.717) is 5.13 Å². The highest BCUT2D eigenvalue weighted by molar-refractivity contribution is 7.15. The lowest BCUT2D eigenvalue weighted by Gasteiger charge is -2.25. The molecule has 0 atom stereocenters. The van der Waals surface area contributed by atoms with Gasteiger partial charge in [-0.1, -0.05) is 43.6 Å². The first kappa shape index (κ1) is 15.6. The summed E-state index contributed by atoms with van der Waals surface area (Å²) in [6.45, 7) is 2.16. The van der Waals surface area contributed by atoms with E-state index >= 15 is 0 Å². The Morgan fingerprint density at radius 1 is 1.36 bits per heavy atom. The predicted octanol–water partition coefficient (Wildman–Crippen LogP) is 4.39. The molecule has 2 aromatic heterocycles. The predicted molar refractivity (Wildman–Crippen MR) is 91.6 cm³/mol. The fourth-order valence-electron chi connectivity index (χ4n) is 3.06. The van der Waals surface area contributed by atoms with E-state index < -0.39 is 0 Å². The smallest absolute Gasteiger partial charge is 0.237 e. The Labute approximate surface area is 139 Å². The van der Waals surface area contributed by atoms with Crippen molar-refractivity contribution >= 4 is 33.7 Å². The fraction of sp³-hybridized carbons (Fsp3) is 0.562. The molecular formula is C16H21N3OS2. The zero-order chi connectivity index (χ0) is 15.4. The van der Waals surface area contributed by atoms with Crippen molar-refractivity contribution in [3.8, 4) is 0 Å². The number of nitrogens with one attached hydrogen (secondary N) is 1. The first-order chi connectivity index (χ1) is 10.7. The second-order valence-corrected chi connectivity index (χ2v) is 7.83. The van der Waals surface area contributed by atoms with Gasteiger partial charge in [-0.15, -0.1) is 21.5 Å².